The Morgan fingerprint density at radius 2 is 1.89 bits per heavy atom. The van der Waals surface area contributed by atoms with Gasteiger partial charge in [0.1, 0.15) is 21.7 Å². The van der Waals surface area contributed by atoms with Crippen molar-refractivity contribution in [1.82, 2.24) is 0 Å². The first-order valence-electron chi connectivity index (χ1n) is 9.02. The van der Waals surface area contributed by atoms with Crippen LogP contribution in [0.2, 0.25) is 0 Å². The first kappa shape index (κ1) is 19.6. The minimum atomic E-state index is -0.742. The first-order valence-corrected chi connectivity index (χ1v) is 11.8. The van der Waals surface area contributed by atoms with Crippen LogP contribution < -0.4 is 4.74 Å². The number of fused-ring (bicyclic) bond motifs is 1. The fraction of sp³-hybridized carbons (Fsp3) is 0.429. The molecule has 2 aliphatic rings. The van der Waals surface area contributed by atoms with Crippen LogP contribution in [0.4, 0.5) is 4.39 Å². The van der Waals surface area contributed by atoms with E-state index in [0.29, 0.717) is 11.1 Å². The second-order valence-electron chi connectivity index (χ2n) is 7.68. The molecule has 0 radical (unpaired) electrons. The van der Waals surface area contributed by atoms with Gasteiger partial charge < -0.3 is 9.84 Å². The Morgan fingerprint density at radius 1 is 1.15 bits per heavy atom. The predicted octanol–water partition coefficient (Wildman–Crippen LogP) is 6.01. The molecule has 27 heavy (non-hydrogen) atoms. The van der Waals surface area contributed by atoms with Crippen LogP contribution in [0.25, 0.3) is 0 Å². The summed E-state index contributed by atoms with van der Waals surface area (Å²) in [4.78, 5) is 0. The Kier molecular flexibility index (Phi) is 5.29. The van der Waals surface area contributed by atoms with Gasteiger partial charge in [-0.2, -0.15) is 0 Å². The van der Waals surface area contributed by atoms with E-state index in [-0.39, 0.29) is 11.2 Å². The van der Waals surface area contributed by atoms with Gasteiger partial charge in [0.05, 0.1) is 11.1 Å². The van der Waals surface area contributed by atoms with E-state index in [0.717, 1.165) is 34.8 Å². The monoisotopic (exact) mass is 468 g/mol. The van der Waals surface area contributed by atoms with Crippen molar-refractivity contribution in [2.75, 3.05) is 18.1 Å². The molecule has 0 aliphatic carbocycles. The Balaban J connectivity index is 1.80. The summed E-state index contributed by atoms with van der Waals surface area (Å²) >= 11 is 6.82. The molecule has 1 saturated heterocycles. The van der Waals surface area contributed by atoms with Gasteiger partial charge in [0.15, 0.2) is 0 Å². The molecule has 2 aromatic carbocycles. The number of aliphatic hydroxyl groups excluding tert-OH is 1. The van der Waals surface area contributed by atoms with Crippen LogP contribution in [-0.4, -0.2) is 23.2 Å². The van der Waals surface area contributed by atoms with Gasteiger partial charge in [0, 0.05) is 11.0 Å². The van der Waals surface area contributed by atoms with E-state index in [9.17, 15) is 9.50 Å². The molecule has 2 nitrogen and oxygen atoms in total. The molecule has 0 aromatic heterocycles. The molecular formula is C21H22BrFO2S2. The molecule has 6 heteroatoms. The van der Waals surface area contributed by atoms with E-state index in [1.54, 1.807) is 35.7 Å². The summed E-state index contributed by atoms with van der Waals surface area (Å²) in [7, 11) is 0. The SMILES string of the molecule is CC1(C)COc2ccc(C3(C(O)c4ccc(F)c(Br)c4)SCCCS3)cc21. The second-order valence-corrected chi connectivity index (χ2v) is 11.5. The van der Waals surface area contributed by atoms with Crippen molar-refractivity contribution in [2.45, 2.75) is 35.9 Å². The summed E-state index contributed by atoms with van der Waals surface area (Å²) in [6, 6.07) is 11.1. The van der Waals surface area contributed by atoms with Gasteiger partial charge in [-0.15, -0.1) is 23.5 Å². The number of ether oxygens (including phenoxy) is 1. The molecule has 0 bridgehead atoms. The Bertz CT molecular complexity index is 865. The molecule has 1 atom stereocenters. The first-order chi connectivity index (χ1) is 12.8. The maximum absolute atomic E-state index is 13.7. The molecule has 1 unspecified atom stereocenters. The maximum atomic E-state index is 13.7. The van der Waals surface area contributed by atoms with E-state index in [1.165, 1.54) is 11.6 Å². The third kappa shape index (κ3) is 3.43. The van der Waals surface area contributed by atoms with Gasteiger partial charge in [0.2, 0.25) is 0 Å². The lowest BCUT2D eigenvalue weighted by molar-refractivity contribution is 0.163. The average molecular weight is 469 g/mol. The zero-order valence-electron chi connectivity index (χ0n) is 15.3. The molecule has 0 spiro atoms. The second kappa shape index (κ2) is 7.29. The van der Waals surface area contributed by atoms with E-state index < -0.39 is 10.2 Å². The number of hydrogen-bond donors (Lipinski definition) is 1. The molecule has 4 rings (SSSR count). The number of hydrogen-bond acceptors (Lipinski definition) is 4. The van der Waals surface area contributed by atoms with Gasteiger partial charge in [-0.05, 0) is 69.2 Å². The van der Waals surface area contributed by atoms with Crippen molar-refractivity contribution in [3.05, 3.63) is 63.4 Å². The van der Waals surface area contributed by atoms with Crippen LogP contribution in [0.5, 0.6) is 5.75 Å². The number of thioether (sulfide) groups is 2. The highest BCUT2D eigenvalue weighted by molar-refractivity contribution is 9.10. The highest BCUT2D eigenvalue weighted by Gasteiger charge is 2.45. The molecular weight excluding hydrogens is 447 g/mol. The normalized spacial score (nSPS) is 21.4. The minimum absolute atomic E-state index is 0.0413. The Labute approximate surface area is 176 Å². The van der Waals surface area contributed by atoms with E-state index in [4.69, 9.17) is 4.74 Å². The molecule has 0 amide bonds. The summed E-state index contributed by atoms with van der Waals surface area (Å²) in [6.07, 6.45) is 0.379. The fourth-order valence-electron chi connectivity index (χ4n) is 3.67. The lowest BCUT2D eigenvalue weighted by Crippen LogP contribution is -2.31. The van der Waals surface area contributed by atoms with Gasteiger partial charge in [-0.1, -0.05) is 26.0 Å². The molecule has 1 N–H and O–H groups in total. The van der Waals surface area contributed by atoms with Crippen molar-refractivity contribution in [1.29, 1.82) is 0 Å². The minimum Gasteiger partial charge on any atom is -0.492 e. The number of rotatable bonds is 3. The van der Waals surface area contributed by atoms with Gasteiger partial charge in [-0.3, -0.25) is 0 Å². The molecule has 2 aromatic rings. The number of aliphatic hydroxyl groups is 1. The third-order valence-corrected chi connectivity index (χ3v) is 9.32. The third-order valence-electron chi connectivity index (χ3n) is 5.24. The highest BCUT2D eigenvalue weighted by Crippen LogP contribution is 2.58. The van der Waals surface area contributed by atoms with Crippen LogP contribution in [0.15, 0.2) is 40.9 Å². The molecule has 144 valence electrons. The maximum Gasteiger partial charge on any atom is 0.137 e. The van der Waals surface area contributed by atoms with Gasteiger partial charge >= 0.3 is 0 Å². The number of benzene rings is 2. The van der Waals surface area contributed by atoms with Crippen LogP contribution in [-0.2, 0) is 9.49 Å². The zero-order chi connectivity index (χ0) is 19.2. The van der Waals surface area contributed by atoms with Crippen molar-refractivity contribution in [3.8, 4) is 5.75 Å². The van der Waals surface area contributed by atoms with E-state index in [1.807, 2.05) is 6.07 Å². The summed E-state index contributed by atoms with van der Waals surface area (Å²) in [5, 5.41) is 11.4. The zero-order valence-corrected chi connectivity index (χ0v) is 18.5. The summed E-state index contributed by atoms with van der Waals surface area (Å²) < 4.78 is 19.4. The lowest BCUT2D eigenvalue weighted by Gasteiger charge is -2.41. The van der Waals surface area contributed by atoms with Crippen LogP contribution in [0, 0.1) is 5.82 Å². The fourth-order valence-corrected chi connectivity index (χ4v) is 7.44. The van der Waals surface area contributed by atoms with Crippen molar-refractivity contribution >= 4 is 39.5 Å². The predicted molar refractivity (Wildman–Crippen MR) is 115 cm³/mol. The molecule has 2 aliphatic heterocycles. The molecule has 1 fully saturated rings. The number of halogens is 2. The average Bonchev–Trinajstić information content (AvgIpc) is 2.98. The quantitative estimate of drug-likeness (QED) is 0.596. The van der Waals surface area contributed by atoms with Gasteiger partial charge in [0.25, 0.3) is 0 Å². The van der Waals surface area contributed by atoms with Crippen LogP contribution in [0.1, 0.15) is 43.1 Å². The van der Waals surface area contributed by atoms with Crippen LogP contribution >= 0.6 is 39.5 Å². The van der Waals surface area contributed by atoms with Crippen LogP contribution in [0.3, 0.4) is 0 Å². The summed E-state index contributed by atoms with van der Waals surface area (Å²) in [5.74, 6) is 2.59. The van der Waals surface area contributed by atoms with Gasteiger partial charge in [-0.25, -0.2) is 4.39 Å². The molecule has 0 saturated carbocycles. The standard InChI is InChI=1S/C21H22BrFO2S2/c1-20(2)12-25-18-7-5-14(11-15(18)20)21(26-8-3-9-27-21)19(24)13-4-6-17(23)16(22)10-13/h4-7,10-11,19,24H,3,8-9,12H2,1-2H3. The Morgan fingerprint density at radius 3 is 2.59 bits per heavy atom. The van der Waals surface area contributed by atoms with Crippen molar-refractivity contribution in [2.24, 2.45) is 0 Å². The van der Waals surface area contributed by atoms with Crippen molar-refractivity contribution in [3.63, 3.8) is 0 Å². The van der Waals surface area contributed by atoms with E-state index in [2.05, 4.69) is 41.9 Å². The largest absolute Gasteiger partial charge is 0.492 e. The smallest absolute Gasteiger partial charge is 0.137 e. The Hall–Kier alpha value is -0.690. The highest BCUT2D eigenvalue weighted by atomic mass is 79.9. The summed E-state index contributed by atoms with van der Waals surface area (Å²) in [5.41, 5.74) is 2.97. The van der Waals surface area contributed by atoms with E-state index >= 15 is 0 Å². The topological polar surface area (TPSA) is 29.5 Å². The lowest BCUT2D eigenvalue weighted by atomic mass is 9.85. The van der Waals surface area contributed by atoms with Crippen molar-refractivity contribution < 1.29 is 14.2 Å². The summed E-state index contributed by atoms with van der Waals surface area (Å²) in [6.45, 7) is 5.04. The molecule has 2 heterocycles.